The zero-order valence-electron chi connectivity index (χ0n) is 13.8. The molecule has 0 aliphatic rings. The molecule has 0 atom stereocenters. The van der Waals surface area contributed by atoms with E-state index in [1.54, 1.807) is 0 Å². The van der Waals surface area contributed by atoms with Gasteiger partial charge in [-0.3, -0.25) is 0 Å². The van der Waals surface area contributed by atoms with Crippen molar-refractivity contribution < 1.29 is 0 Å². The molecule has 0 unspecified atom stereocenters. The van der Waals surface area contributed by atoms with Gasteiger partial charge in [-0.25, -0.2) is 0 Å². The average Bonchev–Trinajstić information content (AvgIpc) is 2.55. The Labute approximate surface area is 149 Å². The molecule has 2 aromatic rings. The molecule has 0 amide bonds. The minimum absolute atomic E-state index is 0.833. The van der Waals surface area contributed by atoms with Gasteiger partial charge in [-0.1, -0.05) is 66.8 Å². The van der Waals surface area contributed by atoms with Crippen LogP contribution < -0.4 is 5.32 Å². The largest absolute Gasteiger partial charge is 0.375 e. The summed E-state index contributed by atoms with van der Waals surface area (Å²) in [6.45, 7) is 1.89. The van der Waals surface area contributed by atoms with Crippen molar-refractivity contribution in [2.75, 3.05) is 26.4 Å². The fraction of sp³-hybridized carbons (Fsp3) is 0.316. The topological polar surface area (TPSA) is 15.3 Å². The SMILES string of the molecule is CN(C)Cc1cccc(CSCCNC(=S)c2ccccc2)c1. The van der Waals surface area contributed by atoms with Crippen LogP contribution in [0, 0.1) is 0 Å². The van der Waals surface area contributed by atoms with Crippen molar-refractivity contribution in [2.24, 2.45) is 0 Å². The summed E-state index contributed by atoms with van der Waals surface area (Å²) in [6.07, 6.45) is 0. The maximum Gasteiger partial charge on any atom is 0.106 e. The molecule has 0 saturated carbocycles. The Morgan fingerprint density at radius 2 is 1.78 bits per heavy atom. The Kier molecular flexibility index (Phi) is 7.59. The lowest BCUT2D eigenvalue weighted by Gasteiger charge is -2.11. The predicted octanol–water partition coefficient (Wildman–Crippen LogP) is 3.95. The molecule has 0 heterocycles. The van der Waals surface area contributed by atoms with Gasteiger partial charge >= 0.3 is 0 Å². The van der Waals surface area contributed by atoms with Crippen molar-refractivity contribution in [3.05, 3.63) is 71.3 Å². The van der Waals surface area contributed by atoms with E-state index < -0.39 is 0 Å². The van der Waals surface area contributed by atoms with Crippen LogP contribution in [0.25, 0.3) is 0 Å². The lowest BCUT2D eigenvalue weighted by atomic mass is 10.1. The molecular formula is C19H24N2S2. The van der Waals surface area contributed by atoms with Crippen molar-refractivity contribution >= 4 is 29.0 Å². The number of nitrogens with one attached hydrogen (secondary N) is 1. The van der Waals surface area contributed by atoms with Crippen LogP contribution in [0.4, 0.5) is 0 Å². The van der Waals surface area contributed by atoms with Gasteiger partial charge in [-0.2, -0.15) is 11.8 Å². The Bertz CT molecular complexity index is 612. The van der Waals surface area contributed by atoms with Gasteiger partial charge in [0.1, 0.15) is 4.99 Å². The molecule has 4 heteroatoms. The molecule has 122 valence electrons. The normalized spacial score (nSPS) is 10.7. The highest BCUT2D eigenvalue weighted by Crippen LogP contribution is 2.14. The number of thioether (sulfide) groups is 1. The number of hydrogen-bond acceptors (Lipinski definition) is 3. The van der Waals surface area contributed by atoms with Crippen molar-refractivity contribution in [1.29, 1.82) is 0 Å². The third-order valence-electron chi connectivity index (χ3n) is 3.33. The van der Waals surface area contributed by atoms with Crippen molar-refractivity contribution in [1.82, 2.24) is 10.2 Å². The monoisotopic (exact) mass is 344 g/mol. The van der Waals surface area contributed by atoms with Crippen LogP contribution in [0.15, 0.2) is 54.6 Å². The Morgan fingerprint density at radius 1 is 1.04 bits per heavy atom. The quantitative estimate of drug-likeness (QED) is 0.576. The van der Waals surface area contributed by atoms with Gasteiger partial charge in [0.2, 0.25) is 0 Å². The second-order valence-electron chi connectivity index (χ2n) is 5.73. The first kappa shape index (κ1) is 18.0. The molecule has 0 spiro atoms. The van der Waals surface area contributed by atoms with Crippen LogP contribution in [-0.2, 0) is 12.3 Å². The molecule has 0 aliphatic heterocycles. The highest BCUT2D eigenvalue weighted by Gasteiger charge is 2.00. The van der Waals surface area contributed by atoms with E-state index in [4.69, 9.17) is 12.2 Å². The Balaban J connectivity index is 1.68. The zero-order chi connectivity index (χ0) is 16.5. The molecule has 23 heavy (non-hydrogen) atoms. The molecule has 0 aliphatic carbocycles. The van der Waals surface area contributed by atoms with Gasteiger partial charge in [0.25, 0.3) is 0 Å². The highest BCUT2D eigenvalue weighted by atomic mass is 32.2. The van der Waals surface area contributed by atoms with Crippen molar-refractivity contribution in [3.8, 4) is 0 Å². The number of nitrogens with zero attached hydrogens (tertiary/aromatic N) is 1. The lowest BCUT2D eigenvalue weighted by molar-refractivity contribution is 0.402. The molecule has 2 nitrogen and oxygen atoms in total. The van der Waals surface area contributed by atoms with Gasteiger partial charge in [0.05, 0.1) is 0 Å². The first-order valence-electron chi connectivity index (χ1n) is 7.78. The first-order chi connectivity index (χ1) is 11.1. The molecular weight excluding hydrogens is 320 g/mol. The van der Waals surface area contributed by atoms with E-state index in [1.807, 2.05) is 42.1 Å². The number of thiocarbonyl (C=S) groups is 1. The van der Waals surface area contributed by atoms with E-state index in [0.717, 1.165) is 35.1 Å². The summed E-state index contributed by atoms with van der Waals surface area (Å²) in [4.78, 5) is 3.03. The van der Waals surface area contributed by atoms with Crippen LogP contribution in [0.1, 0.15) is 16.7 Å². The van der Waals surface area contributed by atoms with Crippen LogP contribution >= 0.6 is 24.0 Å². The third-order valence-corrected chi connectivity index (χ3v) is 4.74. The maximum atomic E-state index is 5.40. The van der Waals surface area contributed by atoms with Gasteiger partial charge in [0.15, 0.2) is 0 Å². The summed E-state index contributed by atoms with van der Waals surface area (Å²) in [6, 6.07) is 19.0. The first-order valence-corrected chi connectivity index (χ1v) is 9.35. The summed E-state index contributed by atoms with van der Waals surface area (Å²) in [5.74, 6) is 2.09. The molecule has 2 aromatic carbocycles. The number of rotatable bonds is 8. The zero-order valence-corrected chi connectivity index (χ0v) is 15.4. The fourth-order valence-electron chi connectivity index (χ4n) is 2.30. The lowest BCUT2D eigenvalue weighted by Crippen LogP contribution is -2.24. The minimum Gasteiger partial charge on any atom is -0.375 e. The third kappa shape index (κ3) is 6.73. The maximum absolute atomic E-state index is 5.40. The van der Waals surface area contributed by atoms with Crippen LogP contribution in [0.5, 0.6) is 0 Å². The highest BCUT2D eigenvalue weighted by molar-refractivity contribution is 7.98. The fourth-order valence-corrected chi connectivity index (χ4v) is 3.35. The summed E-state index contributed by atoms with van der Waals surface area (Å²) >= 11 is 7.33. The summed E-state index contributed by atoms with van der Waals surface area (Å²) in [5, 5.41) is 3.33. The molecule has 0 fully saturated rings. The van der Waals surface area contributed by atoms with Gasteiger partial charge in [0, 0.05) is 30.2 Å². The van der Waals surface area contributed by atoms with Gasteiger partial charge in [-0.05, 0) is 25.2 Å². The number of hydrogen-bond donors (Lipinski definition) is 1. The molecule has 2 rings (SSSR count). The van der Waals surface area contributed by atoms with E-state index in [9.17, 15) is 0 Å². The van der Waals surface area contributed by atoms with E-state index in [1.165, 1.54) is 11.1 Å². The Hall–Kier alpha value is -1.36. The molecule has 0 aromatic heterocycles. The smallest absolute Gasteiger partial charge is 0.106 e. The summed E-state index contributed by atoms with van der Waals surface area (Å²) < 4.78 is 0. The number of benzene rings is 2. The predicted molar refractivity (Wildman–Crippen MR) is 106 cm³/mol. The second kappa shape index (κ2) is 9.71. The molecule has 1 N–H and O–H groups in total. The van der Waals surface area contributed by atoms with Crippen molar-refractivity contribution in [3.63, 3.8) is 0 Å². The summed E-state index contributed by atoms with van der Waals surface area (Å²) in [5.41, 5.74) is 3.85. The molecule has 0 radical (unpaired) electrons. The van der Waals surface area contributed by atoms with Crippen molar-refractivity contribution in [2.45, 2.75) is 12.3 Å². The molecule has 0 saturated heterocycles. The molecule has 0 bridgehead atoms. The summed E-state index contributed by atoms with van der Waals surface area (Å²) in [7, 11) is 4.20. The van der Waals surface area contributed by atoms with Crippen LogP contribution in [0.2, 0.25) is 0 Å². The minimum atomic E-state index is 0.833. The van der Waals surface area contributed by atoms with E-state index >= 15 is 0 Å². The standard InChI is InChI=1S/C19H24N2S2/c1-21(2)14-16-7-6-8-17(13-16)15-23-12-11-20-19(22)18-9-4-3-5-10-18/h3-10,13H,11-12,14-15H2,1-2H3,(H,20,22). The van der Waals surface area contributed by atoms with Gasteiger partial charge in [-0.15, -0.1) is 0 Å². The van der Waals surface area contributed by atoms with E-state index in [0.29, 0.717) is 0 Å². The van der Waals surface area contributed by atoms with Gasteiger partial charge < -0.3 is 10.2 Å². The van der Waals surface area contributed by atoms with E-state index in [2.05, 4.69) is 48.6 Å². The van der Waals surface area contributed by atoms with Crippen LogP contribution in [-0.4, -0.2) is 36.3 Å². The Morgan fingerprint density at radius 3 is 2.52 bits per heavy atom. The second-order valence-corrected chi connectivity index (χ2v) is 7.25. The van der Waals surface area contributed by atoms with E-state index in [-0.39, 0.29) is 0 Å². The van der Waals surface area contributed by atoms with Crippen LogP contribution in [0.3, 0.4) is 0 Å². The average molecular weight is 345 g/mol.